The normalized spacial score (nSPS) is 10.4. The van der Waals surface area contributed by atoms with E-state index in [1.54, 1.807) is 13.2 Å². The third kappa shape index (κ3) is 4.01. The van der Waals surface area contributed by atoms with Gasteiger partial charge in [0.05, 0.1) is 19.3 Å². The van der Waals surface area contributed by atoms with Crippen molar-refractivity contribution < 1.29 is 9.53 Å². The molecule has 0 unspecified atom stereocenters. The smallest absolute Gasteiger partial charge is 0.243 e. The number of aryl methyl sites for hydroxylation is 2. The number of anilines is 2. The molecule has 0 aliphatic heterocycles. The highest BCUT2D eigenvalue weighted by Gasteiger charge is 2.14. The lowest BCUT2D eigenvalue weighted by Gasteiger charge is -2.22. The van der Waals surface area contributed by atoms with Crippen LogP contribution in [0.1, 0.15) is 16.7 Å². The Balaban J connectivity index is 2.13. The van der Waals surface area contributed by atoms with Crippen LogP contribution in [0.25, 0.3) is 0 Å². The molecule has 0 aromatic heterocycles. The van der Waals surface area contributed by atoms with E-state index in [2.05, 4.69) is 25.2 Å². The third-order valence-electron chi connectivity index (χ3n) is 4.12. The second kappa shape index (κ2) is 7.58. The van der Waals surface area contributed by atoms with E-state index in [-0.39, 0.29) is 12.5 Å². The molecule has 4 nitrogen and oxygen atoms in total. The van der Waals surface area contributed by atoms with Gasteiger partial charge < -0.3 is 15.0 Å². The van der Waals surface area contributed by atoms with Gasteiger partial charge in [0.2, 0.25) is 5.91 Å². The number of nitrogens with one attached hydrogen (secondary N) is 1. The summed E-state index contributed by atoms with van der Waals surface area (Å²) in [7, 11) is 3.46. The molecule has 1 amide bonds. The molecular weight excluding hydrogens is 324 g/mol. The van der Waals surface area contributed by atoms with E-state index >= 15 is 0 Å². The Bertz CT molecular complexity index is 759. The van der Waals surface area contributed by atoms with Crippen molar-refractivity contribution in [2.75, 3.05) is 30.9 Å². The Hall–Kier alpha value is -2.20. The average Bonchev–Trinajstić information content (AvgIpc) is 2.53. The molecule has 0 radical (unpaired) electrons. The summed E-state index contributed by atoms with van der Waals surface area (Å²) >= 11 is 6.10. The van der Waals surface area contributed by atoms with Crippen LogP contribution in [0.2, 0.25) is 5.02 Å². The van der Waals surface area contributed by atoms with Crippen molar-refractivity contribution in [1.29, 1.82) is 0 Å². The van der Waals surface area contributed by atoms with Crippen molar-refractivity contribution >= 4 is 28.9 Å². The number of amides is 1. The van der Waals surface area contributed by atoms with Gasteiger partial charge in [-0.1, -0.05) is 23.7 Å². The second-order valence-electron chi connectivity index (χ2n) is 5.92. The molecule has 0 aliphatic rings. The number of hydrogen-bond donors (Lipinski definition) is 1. The molecule has 0 atom stereocenters. The van der Waals surface area contributed by atoms with Crippen molar-refractivity contribution in [3.8, 4) is 5.75 Å². The standard InChI is InChI=1S/C19H23ClN2O2/c1-12-7-6-8-17(14(12)3)22(4)11-19(23)21-16-9-13(2)15(20)10-18(16)24-5/h6-10H,11H2,1-5H3,(H,21,23). The third-order valence-corrected chi connectivity index (χ3v) is 4.53. The highest BCUT2D eigenvalue weighted by Crippen LogP contribution is 2.31. The minimum Gasteiger partial charge on any atom is -0.495 e. The van der Waals surface area contributed by atoms with Crippen LogP contribution in [0.15, 0.2) is 30.3 Å². The number of methoxy groups -OCH3 is 1. The maximum Gasteiger partial charge on any atom is 0.243 e. The van der Waals surface area contributed by atoms with Crippen LogP contribution in [-0.4, -0.2) is 26.6 Å². The predicted octanol–water partition coefficient (Wildman–Crippen LogP) is 4.35. The van der Waals surface area contributed by atoms with E-state index in [1.165, 1.54) is 11.1 Å². The summed E-state index contributed by atoms with van der Waals surface area (Å²) in [5, 5.41) is 3.51. The van der Waals surface area contributed by atoms with E-state index in [1.807, 2.05) is 37.1 Å². The Labute approximate surface area is 148 Å². The fourth-order valence-electron chi connectivity index (χ4n) is 2.57. The van der Waals surface area contributed by atoms with Crippen LogP contribution in [0.4, 0.5) is 11.4 Å². The summed E-state index contributed by atoms with van der Waals surface area (Å²) in [5.74, 6) is 0.437. The van der Waals surface area contributed by atoms with Gasteiger partial charge in [-0.05, 0) is 49.6 Å². The number of carbonyl (C=O) groups is 1. The molecule has 2 aromatic carbocycles. The summed E-state index contributed by atoms with van der Waals surface area (Å²) in [6, 6.07) is 9.60. The van der Waals surface area contributed by atoms with E-state index in [0.29, 0.717) is 16.5 Å². The van der Waals surface area contributed by atoms with Crippen molar-refractivity contribution in [3.63, 3.8) is 0 Å². The molecule has 1 N–H and O–H groups in total. The minimum absolute atomic E-state index is 0.113. The summed E-state index contributed by atoms with van der Waals surface area (Å²) < 4.78 is 5.29. The number of halogens is 1. The molecule has 0 fully saturated rings. The fraction of sp³-hybridized carbons (Fsp3) is 0.316. The van der Waals surface area contributed by atoms with Gasteiger partial charge in [0.25, 0.3) is 0 Å². The van der Waals surface area contributed by atoms with Gasteiger partial charge in [0, 0.05) is 23.8 Å². The molecule has 0 saturated carbocycles. The summed E-state index contributed by atoms with van der Waals surface area (Å²) in [6.07, 6.45) is 0. The number of likely N-dealkylation sites (N-methyl/N-ethyl adjacent to an activating group) is 1. The Kier molecular flexibility index (Phi) is 5.73. The summed E-state index contributed by atoms with van der Waals surface area (Å²) in [5.41, 5.74) is 4.93. The first kappa shape index (κ1) is 18.1. The molecule has 0 heterocycles. The number of hydrogen-bond acceptors (Lipinski definition) is 3. The first-order valence-electron chi connectivity index (χ1n) is 7.74. The highest BCUT2D eigenvalue weighted by molar-refractivity contribution is 6.31. The molecule has 2 rings (SSSR count). The topological polar surface area (TPSA) is 41.6 Å². The van der Waals surface area contributed by atoms with Crippen molar-refractivity contribution in [1.82, 2.24) is 0 Å². The second-order valence-corrected chi connectivity index (χ2v) is 6.33. The Morgan fingerprint density at radius 3 is 2.58 bits per heavy atom. The van der Waals surface area contributed by atoms with E-state index in [9.17, 15) is 4.79 Å². The monoisotopic (exact) mass is 346 g/mol. The van der Waals surface area contributed by atoms with Gasteiger partial charge >= 0.3 is 0 Å². The largest absolute Gasteiger partial charge is 0.495 e. The molecule has 0 spiro atoms. The quantitative estimate of drug-likeness (QED) is 0.875. The summed E-state index contributed by atoms with van der Waals surface area (Å²) in [6.45, 7) is 6.26. The van der Waals surface area contributed by atoms with Crippen LogP contribution in [0.5, 0.6) is 5.75 Å². The van der Waals surface area contributed by atoms with E-state index < -0.39 is 0 Å². The number of rotatable bonds is 5. The highest BCUT2D eigenvalue weighted by atomic mass is 35.5. The fourth-order valence-corrected chi connectivity index (χ4v) is 2.72. The first-order valence-corrected chi connectivity index (χ1v) is 8.12. The number of benzene rings is 2. The van der Waals surface area contributed by atoms with Crippen LogP contribution < -0.4 is 15.0 Å². The van der Waals surface area contributed by atoms with Crippen LogP contribution >= 0.6 is 11.6 Å². The maximum absolute atomic E-state index is 12.4. The Morgan fingerprint density at radius 2 is 1.92 bits per heavy atom. The van der Waals surface area contributed by atoms with Crippen molar-refractivity contribution in [2.45, 2.75) is 20.8 Å². The average molecular weight is 347 g/mol. The van der Waals surface area contributed by atoms with Gasteiger partial charge in [0.15, 0.2) is 0 Å². The van der Waals surface area contributed by atoms with Crippen LogP contribution in [0.3, 0.4) is 0 Å². The lowest BCUT2D eigenvalue weighted by atomic mass is 10.1. The van der Waals surface area contributed by atoms with Gasteiger partial charge in [-0.3, -0.25) is 4.79 Å². The van der Waals surface area contributed by atoms with Gasteiger partial charge in [0.1, 0.15) is 5.75 Å². The van der Waals surface area contributed by atoms with Crippen LogP contribution in [0, 0.1) is 20.8 Å². The zero-order valence-electron chi connectivity index (χ0n) is 14.7. The summed E-state index contributed by atoms with van der Waals surface area (Å²) in [4.78, 5) is 14.4. The molecule has 0 bridgehead atoms. The molecule has 0 saturated heterocycles. The number of nitrogens with zero attached hydrogens (tertiary/aromatic N) is 1. The molecular formula is C19H23ClN2O2. The number of carbonyl (C=O) groups excluding carboxylic acids is 1. The first-order chi connectivity index (χ1) is 11.3. The van der Waals surface area contributed by atoms with E-state index in [0.717, 1.165) is 11.3 Å². The zero-order chi connectivity index (χ0) is 17.9. The molecule has 2 aromatic rings. The molecule has 5 heteroatoms. The predicted molar refractivity (Wildman–Crippen MR) is 101 cm³/mol. The van der Waals surface area contributed by atoms with Gasteiger partial charge in [-0.15, -0.1) is 0 Å². The van der Waals surface area contributed by atoms with Gasteiger partial charge in [-0.2, -0.15) is 0 Å². The van der Waals surface area contributed by atoms with Crippen molar-refractivity contribution in [3.05, 3.63) is 52.0 Å². The lowest BCUT2D eigenvalue weighted by Crippen LogP contribution is -2.30. The van der Waals surface area contributed by atoms with Crippen LogP contribution in [-0.2, 0) is 4.79 Å². The molecule has 128 valence electrons. The molecule has 0 aliphatic carbocycles. The zero-order valence-corrected chi connectivity index (χ0v) is 15.5. The maximum atomic E-state index is 12.4. The minimum atomic E-state index is -0.113. The van der Waals surface area contributed by atoms with Gasteiger partial charge in [-0.25, -0.2) is 0 Å². The molecule has 24 heavy (non-hydrogen) atoms. The van der Waals surface area contributed by atoms with E-state index in [4.69, 9.17) is 16.3 Å². The number of ether oxygens (including phenoxy) is 1. The van der Waals surface area contributed by atoms with Crippen molar-refractivity contribution in [2.24, 2.45) is 0 Å². The Morgan fingerprint density at radius 1 is 1.21 bits per heavy atom. The lowest BCUT2D eigenvalue weighted by molar-refractivity contribution is -0.114. The SMILES string of the molecule is COc1cc(Cl)c(C)cc1NC(=O)CN(C)c1cccc(C)c1C.